The molecule has 0 fully saturated rings. The summed E-state index contributed by atoms with van der Waals surface area (Å²) in [5.41, 5.74) is 14.9. The maximum atomic E-state index is 12.0. The number of carbonyl (C=O) groups excluding carboxylic acids is 1. The number of nitrogens with one attached hydrogen (secondary N) is 1. The van der Waals surface area contributed by atoms with Gasteiger partial charge < -0.3 is 16.8 Å². The molecule has 0 saturated heterocycles. The van der Waals surface area contributed by atoms with Crippen LogP contribution in [0.25, 0.3) is 11.1 Å². The fourth-order valence-corrected chi connectivity index (χ4v) is 2.13. The number of benzene rings is 2. The summed E-state index contributed by atoms with van der Waals surface area (Å²) in [5.74, 6) is -0.355. The van der Waals surface area contributed by atoms with Crippen molar-refractivity contribution in [1.29, 1.82) is 0 Å². The summed E-state index contributed by atoms with van der Waals surface area (Å²) < 4.78 is 0. The summed E-state index contributed by atoms with van der Waals surface area (Å²) in [6.45, 7) is 1.97. The zero-order valence-electron chi connectivity index (χ0n) is 12.4. The summed E-state index contributed by atoms with van der Waals surface area (Å²) in [7, 11) is 0. The highest BCUT2D eigenvalue weighted by atomic mass is 16.2. The van der Waals surface area contributed by atoms with Gasteiger partial charge in [0.15, 0.2) is 0 Å². The van der Waals surface area contributed by atoms with Gasteiger partial charge in [-0.1, -0.05) is 42.5 Å². The molecule has 0 aliphatic carbocycles. The smallest absolute Gasteiger partial charge is 0.271 e. The molecule has 5 N–H and O–H groups in total. The number of amides is 1. The van der Waals surface area contributed by atoms with E-state index in [0.717, 1.165) is 22.4 Å². The molecule has 0 aliphatic rings. The molecule has 2 aromatic rings. The summed E-state index contributed by atoms with van der Waals surface area (Å²) in [5, 5.41) is 2.82. The zero-order chi connectivity index (χ0) is 15.9. The number of allylic oxidation sites excluding steroid dienone is 2. The molecule has 0 bridgehead atoms. The normalized spacial score (nSPS) is 11.6. The molecule has 0 saturated carbocycles. The molecule has 0 aromatic heterocycles. The van der Waals surface area contributed by atoms with Crippen LogP contribution in [-0.4, -0.2) is 5.91 Å². The van der Waals surface area contributed by atoms with Gasteiger partial charge in [0, 0.05) is 5.69 Å². The number of hydrogen-bond donors (Lipinski definition) is 3. The van der Waals surface area contributed by atoms with Gasteiger partial charge in [0.1, 0.15) is 0 Å². The van der Waals surface area contributed by atoms with Crippen LogP contribution in [0.1, 0.15) is 5.56 Å². The maximum absolute atomic E-state index is 12.0. The minimum atomic E-state index is -0.355. The minimum absolute atomic E-state index is 0.103. The van der Waals surface area contributed by atoms with E-state index in [1.807, 2.05) is 55.5 Å². The van der Waals surface area contributed by atoms with Crippen LogP contribution in [0, 0.1) is 6.92 Å². The van der Waals surface area contributed by atoms with E-state index >= 15 is 0 Å². The molecule has 1 amide bonds. The molecule has 4 nitrogen and oxygen atoms in total. The topological polar surface area (TPSA) is 81.1 Å². The van der Waals surface area contributed by atoms with E-state index in [1.54, 1.807) is 0 Å². The van der Waals surface area contributed by atoms with Crippen molar-refractivity contribution < 1.29 is 4.79 Å². The molecule has 0 aliphatic heterocycles. The molecule has 4 heteroatoms. The first-order chi connectivity index (χ1) is 10.6. The van der Waals surface area contributed by atoms with Crippen LogP contribution >= 0.6 is 0 Å². The monoisotopic (exact) mass is 293 g/mol. The molecule has 22 heavy (non-hydrogen) atoms. The van der Waals surface area contributed by atoms with Crippen LogP contribution in [0.15, 0.2) is 72.6 Å². The van der Waals surface area contributed by atoms with Crippen molar-refractivity contribution in [3.63, 3.8) is 0 Å². The van der Waals surface area contributed by atoms with Gasteiger partial charge >= 0.3 is 0 Å². The van der Waals surface area contributed by atoms with E-state index < -0.39 is 0 Å². The molecule has 0 atom stereocenters. The van der Waals surface area contributed by atoms with Gasteiger partial charge in [-0.15, -0.1) is 0 Å². The summed E-state index contributed by atoms with van der Waals surface area (Å²) in [4.78, 5) is 12.0. The predicted molar refractivity (Wildman–Crippen MR) is 90.8 cm³/mol. The molecular weight excluding hydrogens is 274 g/mol. The van der Waals surface area contributed by atoms with Crippen molar-refractivity contribution in [3.8, 4) is 11.1 Å². The Morgan fingerprint density at radius 3 is 2.50 bits per heavy atom. The van der Waals surface area contributed by atoms with Crippen LogP contribution in [-0.2, 0) is 4.79 Å². The number of rotatable bonds is 4. The highest BCUT2D eigenvalue weighted by Gasteiger charge is 2.10. The van der Waals surface area contributed by atoms with Crippen molar-refractivity contribution in [1.82, 2.24) is 0 Å². The number of carbonyl (C=O) groups is 1. The van der Waals surface area contributed by atoms with Gasteiger partial charge in [0.2, 0.25) is 0 Å². The summed E-state index contributed by atoms with van der Waals surface area (Å²) in [6, 6.07) is 15.8. The van der Waals surface area contributed by atoms with Gasteiger partial charge in [0.05, 0.1) is 5.70 Å². The third-order valence-corrected chi connectivity index (χ3v) is 3.32. The molecule has 0 unspecified atom stereocenters. The van der Waals surface area contributed by atoms with Crippen LogP contribution in [0.4, 0.5) is 5.69 Å². The Hall–Kier alpha value is -3.01. The Morgan fingerprint density at radius 2 is 1.82 bits per heavy atom. The van der Waals surface area contributed by atoms with E-state index in [-0.39, 0.29) is 11.6 Å². The Balaban J connectivity index is 2.29. The SMILES string of the molecule is Cc1c(NC(=O)/C(N)=C/C=C\N)cccc1-c1ccccc1. The van der Waals surface area contributed by atoms with Crippen molar-refractivity contribution >= 4 is 11.6 Å². The van der Waals surface area contributed by atoms with Gasteiger partial charge in [-0.3, -0.25) is 4.79 Å². The second-order valence-electron chi connectivity index (χ2n) is 4.81. The van der Waals surface area contributed by atoms with E-state index in [2.05, 4.69) is 5.32 Å². The van der Waals surface area contributed by atoms with E-state index in [4.69, 9.17) is 11.5 Å². The van der Waals surface area contributed by atoms with Crippen molar-refractivity contribution in [2.45, 2.75) is 6.92 Å². The second kappa shape index (κ2) is 7.13. The Bertz CT molecular complexity index is 718. The highest BCUT2D eigenvalue weighted by Crippen LogP contribution is 2.28. The quantitative estimate of drug-likeness (QED) is 0.599. The van der Waals surface area contributed by atoms with Gasteiger partial charge in [-0.05, 0) is 48.0 Å². The van der Waals surface area contributed by atoms with E-state index in [1.165, 1.54) is 18.4 Å². The Kier molecular flexibility index (Phi) is 4.98. The molecule has 0 spiro atoms. The van der Waals surface area contributed by atoms with Gasteiger partial charge in [-0.2, -0.15) is 0 Å². The van der Waals surface area contributed by atoms with Crippen LogP contribution in [0.5, 0.6) is 0 Å². The molecule has 2 aromatic carbocycles. The summed E-state index contributed by atoms with van der Waals surface area (Å²) >= 11 is 0. The van der Waals surface area contributed by atoms with Crippen LogP contribution in [0.3, 0.4) is 0 Å². The lowest BCUT2D eigenvalue weighted by Crippen LogP contribution is -2.20. The fourth-order valence-electron chi connectivity index (χ4n) is 2.13. The average Bonchev–Trinajstić information content (AvgIpc) is 2.55. The van der Waals surface area contributed by atoms with Crippen LogP contribution in [0.2, 0.25) is 0 Å². The lowest BCUT2D eigenvalue weighted by molar-refractivity contribution is -0.112. The van der Waals surface area contributed by atoms with Crippen molar-refractivity contribution in [3.05, 3.63) is 78.1 Å². The minimum Gasteiger partial charge on any atom is -0.405 e. The third kappa shape index (κ3) is 3.55. The molecular formula is C18H19N3O. The van der Waals surface area contributed by atoms with Gasteiger partial charge in [0.25, 0.3) is 5.91 Å². The van der Waals surface area contributed by atoms with E-state index in [0.29, 0.717) is 0 Å². The lowest BCUT2D eigenvalue weighted by Gasteiger charge is -2.12. The standard InChI is InChI=1S/C18H19N3O/c1-13-15(14-7-3-2-4-8-14)9-5-11-17(13)21-18(22)16(20)10-6-12-19/h2-12H,19-20H2,1H3,(H,21,22)/b12-6-,16-10-. The Labute approximate surface area is 130 Å². The first-order valence-corrected chi connectivity index (χ1v) is 6.94. The fraction of sp³-hybridized carbons (Fsp3) is 0.0556. The van der Waals surface area contributed by atoms with E-state index in [9.17, 15) is 4.79 Å². The third-order valence-electron chi connectivity index (χ3n) is 3.32. The van der Waals surface area contributed by atoms with Crippen LogP contribution < -0.4 is 16.8 Å². The maximum Gasteiger partial charge on any atom is 0.271 e. The molecule has 2 rings (SSSR count). The zero-order valence-corrected chi connectivity index (χ0v) is 12.4. The predicted octanol–water partition coefficient (Wildman–Crippen LogP) is 2.92. The molecule has 0 heterocycles. The molecule has 112 valence electrons. The largest absolute Gasteiger partial charge is 0.405 e. The number of nitrogens with two attached hydrogens (primary N) is 2. The lowest BCUT2D eigenvalue weighted by atomic mass is 9.99. The number of hydrogen-bond acceptors (Lipinski definition) is 3. The first kappa shape index (κ1) is 15.4. The van der Waals surface area contributed by atoms with Gasteiger partial charge in [-0.25, -0.2) is 0 Å². The summed E-state index contributed by atoms with van der Waals surface area (Å²) in [6.07, 6.45) is 4.30. The highest BCUT2D eigenvalue weighted by molar-refractivity contribution is 6.04. The first-order valence-electron chi connectivity index (χ1n) is 6.94. The second-order valence-corrected chi connectivity index (χ2v) is 4.81. The molecule has 0 radical (unpaired) electrons. The average molecular weight is 293 g/mol. The Morgan fingerprint density at radius 1 is 1.09 bits per heavy atom. The van der Waals surface area contributed by atoms with Crippen molar-refractivity contribution in [2.75, 3.05) is 5.32 Å². The van der Waals surface area contributed by atoms with Crippen molar-refractivity contribution in [2.24, 2.45) is 11.5 Å². The number of anilines is 1.